The summed E-state index contributed by atoms with van der Waals surface area (Å²) in [5.74, 6) is 0.366. The molecule has 0 spiro atoms. The van der Waals surface area contributed by atoms with Crippen LogP contribution < -0.4 is 10.0 Å². The quantitative estimate of drug-likeness (QED) is 0.400. The summed E-state index contributed by atoms with van der Waals surface area (Å²) in [7, 11) is -3.69. The summed E-state index contributed by atoms with van der Waals surface area (Å²) < 4.78 is 37.8. The van der Waals surface area contributed by atoms with Gasteiger partial charge in [-0.2, -0.15) is 0 Å². The summed E-state index contributed by atoms with van der Waals surface area (Å²) in [6.45, 7) is 0.0564. The minimum Gasteiger partial charge on any atom is -0.468 e. The monoisotopic (exact) mass is 443 g/mol. The first-order chi connectivity index (χ1) is 14.5. The first kappa shape index (κ1) is 20.2. The molecule has 2 aromatic heterocycles. The number of hydrogen-bond donors (Lipinski definition) is 2. The molecule has 10 heteroatoms. The van der Waals surface area contributed by atoms with Gasteiger partial charge in [-0.05, 0) is 48.5 Å². The third-order valence-corrected chi connectivity index (χ3v) is 6.31. The molecular weight excluding hydrogens is 426 g/mol. The maximum Gasteiger partial charge on any atom is 0.257 e. The standard InChI is InChI=1S/C20H17N3O5S2/c24-19(13-29-20-23-17-5-1-2-6-18(17)28-20)22-14-7-9-16(10-8-14)30(25,26)21-12-15-4-3-11-27-15/h1-11,21H,12-13H2,(H,22,24). The molecule has 0 aliphatic rings. The smallest absolute Gasteiger partial charge is 0.257 e. The molecule has 0 unspecified atom stereocenters. The zero-order chi connectivity index (χ0) is 21.0. The van der Waals surface area contributed by atoms with Crippen molar-refractivity contribution in [3.8, 4) is 0 Å². The number of carbonyl (C=O) groups excluding carboxylic acids is 1. The highest BCUT2D eigenvalue weighted by Crippen LogP contribution is 2.23. The van der Waals surface area contributed by atoms with Crippen molar-refractivity contribution in [3.05, 3.63) is 72.7 Å². The van der Waals surface area contributed by atoms with Crippen molar-refractivity contribution in [3.63, 3.8) is 0 Å². The molecule has 4 aromatic rings. The molecule has 154 valence electrons. The molecule has 0 fully saturated rings. The maximum absolute atomic E-state index is 12.3. The van der Waals surface area contributed by atoms with Crippen molar-refractivity contribution in [2.75, 3.05) is 11.1 Å². The van der Waals surface area contributed by atoms with E-state index in [9.17, 15) is 13.2 Å². The van der Waals surface area contributed by atoms with Gasteiger partial charge in [-0.25, -0.2) is 18.1 Å². The van der Waals surface area contributed by atoms with Crippen LogP contribution in [0.15, 0.2) is 85.9 Å². The van der Waals surface area contributed by atoms with Crippen molar-refractivity contribution in [1.82, 2.24) is 9.71 Å². The molecule has 0 aliphatic heterocycles. The largest absolute Gasteiger partial charge is 0.468 e. The predicted octanol–water partition coefficient (Wildman–Crippen LogP) is 3.63. The number of aromatic nitrogens is 1. The Bertz CT molecular complexity index is 1220. The number of oxazole rings is 1. The summed E-state index contributed by atoms with van der Waals surface area (Å²) in [6, 6.07) is 16.6. The zero-order valence-electron chi connectivity index (χ0n) is 15.6. The van der Waals surface area contributed by atoms with Gasteiger partial charge in [-0.1, -0.05) is 23.9 Å². The second-order valence-electron chi connectivity index (χ2n) is 6.21. The number of hydrogen-bond acceptors (Lipinski definition) is 7. The van der Waals surface area contributed by atoms with E-state index in [1.165, 1.54) is 42.3 Å². The number of benzene rings is 2. The zero-order valence-corrected chi connectivity index (χ0v) is 17.2. The molecule has 1 amide bonds. The van der Waals surface area contributed by atoms with Crippen molar-refractivity contribution < 1.29 is 22.0 Å². The van der Waals surface area contributed by atoms with E-state index in [2.05, 4.69) is 15.0 Å². The van der Waals surface area contributed by atoms with Crippen molar-refractivity contribution >= 4 is 44.5 Å². The third-order valence-electron chi connectivity index (χ3n) is 4.07. The normalized spacial score (nSPS) is 11.6. The summed E-state index contributed by atoms with van der Waals surface area (Å²) in [6.07, 6.45) is 1.48. The Kier molecular flexibility index (Phi) is 5.88. The number of nitrogens with one attached hydrogen (secondary N) is 2. The number of nitrogens with zero attached hydrogens (tertiary/aromatic N) is 1. The first-order valence-electron chi connectivity index (χ1n) is 8.90. The Balaban J connectivity index is 1.31. The Morgan fingerprint density at radius 3 is 2.57 bits per heavy atom. The number of para-hydroxylation sites is 2. The highest BCUT2D eigenvalue weighted by molar-refractivity contribution is 7.99. The van der Waals surface area contributed by atoms with Crippen LogP contribution in [-0.4, -0.2) is 25.1 Å². The summed E-state index contributed by atoms with van der Waals surface area (Å²) in [5.41, 5.74) is 1.89. The number of thioether (sulfide) groups is 1. The van der Waals surface area contributed by atoms with Crippen LogP contribution in [0.2, 0.25) is 0 Å². The first-order valence-corrected chi connectivity index (χ1v) is 11.4. The van der Waals surface area contributed by atoms with Gasteiger partial charge < -0.3 is 14.2 Å². The maximum atomic E-state index is 12.3. The molecule has 2 aromatic carbocycles. The summed E-state index contributed by atoms with van der Waals surface area (Å²) >= 11 is 1.18. The van der Waals surface area contributed by atoms with E-state index >= 15 is 0 Å². The van der Waals surface area contributed by atoms with E-state index in [1.807, 2.05) is 24.3 Å². The molecular formula is C20H17N3O5S2. The number of rotatable bonds is 8. The Hall–Kier alpha value is -3.08. The predicted molar refractivity (Wildman–Crippen MR) is 113 cm³/mol. The molecule has 0 saturated heterocycles. The Labute approximate surface area is 176 Å². The molecule has 0 saturated carbocycles. The number of furan rings is 1. The minimum atomic E-state index is -3.69. The molecule has 0 atom stereocenters. The van der Waals surface area contributed by atoms with E-state index in [0.29, 0.717) is 22.3 Å². The van der Waals surface area contributed by atoms with Crippen molar-refractivity contribution in [1.29, 1.82) is 0 Å². The van der Waals surface area contributed by atoms with Gasteiger partial charge in [0.15, 0.2) is 5.58 Å². The second-order valence-corrected chi connectivity index (χ2v) is 8.91. The third kappa shape index (κ3) is 4.90. The molecule has 2 N–H and O–H groups in total. The topological polar surface area (TPSA) is 114 Å². The number of sulfonamides is 1. The van der Waals surface area contributed by atoms with Gasteiger partial charge in [-0.15, -0.1) is 0 Å². The summed E-state index contributed by atoms with van der Waals surface area (Å²) in [4.78, 5) is 16.6. The molecule has 2 heterocycles. The average molecular weight is 444 g/mol. The minimum absolute atomic E-state index is 0.0564. The molecule has 8 nitrogen and oxygen atoms in total. The van der Waals surface area contributed by atoms with Gasteiger partial charge in [0.05, 0.1) is 23.5 Å². The SMILES string of the molecule is O=C(CSc1nc2ccccc2o1)Nc1ccc(S(=O)(=O)NCc2ccco2)cc1. The lowest BCUT2D eigenvalue weighted by Crippen LogP contribution is -2.23. The fraction of sp³-hybridized carbons (Fsp3) is 0.100. The van der Waals surface area contributed by atoms with Gasteiger partial charge in [0.2, 0.25) is 15.9 Å². The van der Waals surface area contributed by atoms with Gasteiger partial charge in [-0.3, -0.25) is 4.79 Å². The lowest BCUT2D eigenvalue weighted by atomic mass is 10.3. The van der Waals surface area contributed by atoms with Crippen LogP contribution in [0.25, 0.3) is 11.1 Å². The van der Waals surface area contributed by atoms with Crippen LogP contribution in [0, 0.1) is 0 Å². The molecule has 30 heavy (non-hydrogen) atoms. The van der Waals surface area contributed by atoms with E-state index in [1.54, 1.807) is 12.1 Å². The van der Waals surface area contributed by atoms with Crippen molar-refractivity contribution in [2.24, 2.45) is 0 Å². The van der Waals surface area contributed by atoms with Crippen LogP contribution >= 0.6 is 11.8 Å². The Morgan fingerprint density at radius 2 is 1.83 bits per heavy atom. The molecule has 4 rings (SSSR count). The highest BCUT2D eigenvalue weighted by atomic mass is 32.2. The van der Waals surface area contributed by atoms with Gasteiger partial charge in [0, 0.05) is 5.69 Å². The van der Waals surface area contributed by atoms with Gasteiger partial charge in [0.25, 0.3) is 5.22 Å². The van der Waals surface area contributed by atoms with Crippen LogP contribution in [0.5, 0.6) is 0 Å². The lowest BCUT2D eigenvalue weighted by Gasteiger charge is -2.08. The van der Waals surface area contributed by atoms with Crippen LogP contribution in [0.3, 0.4) is 0 Å². The Morgan fingerprint density at radius 1 is 1.03 bits per heavy atom. The highest BCUT2D eigenvalue weighted by Gasteiger charge is 2.15. The van der Waals surface area contributed by atoms with Crippen LogP contribution in [0.1, 0.15) is 5.76 Å². The van der Waals surface area contributed by atoms with Gasteiger partial charge >= 0.3 is 0 Å². The van der Waals surface area contributed by atoms with E-state index in [4.69, 9.17) is 8.83 Å². The average Bonchev–Trinajstić information content (AvgIpc) is 3.40. The lowest BCUT2D eigenvalue weighted by molar-refractivity contribution is -0.113. The number of fused-ring (bicyclic) bond motifs is 1. The second kappa shape index (κ2) is 8.74. The van der Waals surface area contributed by atoms with E-state index < -0.39 is 10.0 Å². The van der Waals surface area contributed by atoms with Crippen LogP contribution in [-0.2, 0) is 21.4 Å². The fourth-order valence-electron chi connectivity index (χ4n) is 2.62. The molecule has 0 radical (unpaired) electrons. The molecule has 0 aliphatic carbocycles. The number of anilines is 1. The molecule has 0 bridgehead atoms. The number of carbonyl (C=O) groups is 1. The van der Waals surface area contributed by atoms with Crippen LogP contribution in [0.4, 0.5) is 5.69 Å². The summed E-state index contributed by atoms with van der Waals surface area (Å²) in [5, 5.41) is 3.13. The van der Waals surface area contributed by atoms with E-state index in [-0.39, 0.29) is 23.1 Å². The van der Waals surface area contributed by atoms with Gasteiger partial charge in [0.1, 0.15) is 11.3 Å². The van der Waals surface area contributed by atoms with E-state index in [0.717, 1.165) is 5.52 Å². The number of amides is 1. The van der Waals surface area contributed by atoms with Crippen molar-refractivity contribution in [2.45, 2.75) is 16.7 Å². The fourth-order valence-corrected chi connectivity index (χ4v) is 4.25.